The summed E-state index contributed by atoms with van der Waals surface area (Å²) in [5, 5.41) is 7.99. The van der Waals surface area contributed by atoms with E-state index >= 15 is 0 Å². The van der Waals surface area contributed by atoms with Gasteiger partial charge in [0.05, 0.1) is 17.3 Å². The van der Waals surface area contributed by atoms with E-state index in [2.05, 4.69) is 36.3 Å². The molecule has 2 heterocycles. The van der Waals surface area contributed by atoms with Gasteiger partial charge in [0.25, 0.3) is 5.56 Å². The first kappa shape index (κ1) is 19.1. The van der Waals surface area contributed by atoms with Crippen LogP contribution in [0.15, 0.2) is 40.0 Å². The number of benzene rings is 1. The fraction of sp³-hybridized carbons (Fsp3) is 0.278. The van der Waals surface area contributed by atoms with E-state index in [1.165, 1.54) is 6.92 Å². The van der Waals surface area contributed by atoms with Gasteiger partial charge in [-0.05, 0) is 31.0 Å². The van der Waals surface area contributed by atoms with Crippen molar-refractivity contribution >= 4 is 38.4 Å². The number of hydrogen-bond donors (Lipinski definition) is 1. The number of rotatable bonds is 4. The van der Waals surface area contributed by atoms with Gasteiger partial charge in [-0.15, -0.1) is 0 Å². The molecular weight excluding hydrogens is 417 g/mol. The zero-order valence-corrected chi connectivity index (χ0v) is 16.5. The van der Waals surface area contributed by atoms with Gasteiger partial charge >= 0.3 is 0 Å². The molecule has 1 N–H and O–H groups in total. The molecule has 0 aliphatic heterocycles. The second-order valence-electron chi connectivity index (χ2n) is 6.36. The van der Waals surface area contributed by atoms with Crippen molar-refractivity contribution in [3.8, 4) is 0 Å². The number of amides is 1. The Balaban J connectivity index is 2.06. The Hall–Kier alpha value is -2.68. The Morgan fingerprint density at radius 3 is 2.67 bits per heavy atom. The van der Waals surface area contributed by atoms with Gasteiger partial charge in [-0.25, -0.2) is 19.0 Å². The molecule has 0 radical (unpaired) electrons. The fourth-order valence-corrected chi connectivity index (χ4v) is 3.04. The molecule has 0 spiro atoms. The highest BCUT2D eigenvalue weighted by molar-refractivity contribution is 9.10. The van der Waals surface area contributed by atoms with Crippen LogP contribution in [-0.4, -0.2) is 25.7 Å². The highest BCUT2D eigenvalue weighted by atomic mass is 79.9. The number of carbonyl (C=O) groups is 1. The lowest BCUT2D eigenvalue weighted by molar-refractivity contribution is -0.119. The topological polar surface area (TPSA) is 89.8 Å². The maximum atomic E-state index is 13.7. The van der Waals surface area contributed by atoms with E-state index < -0.39 is 23.3 Å². The number of aromatic nitrogens is 4. The van der Waals surface area contributed by atoms with E-state index in [1.807, 2.05) is 19.9 Å². The lowest BCUT2D eigenvalue weighted by Gasteiger charge is -2.18. The maximum Gasteiger partial charge on any atom is 0.275 e. The van der Waals surface area contributed by atoms with Crippen LogP contribution in [0, 0.1) is 5.82 Å². The van der Waals surface area contributed by atoms with E-state index in [0.717, 1.165) is 27.1 Å². The first-order valence-corrected chi connectivity index (χ1v) is 9.07. The Labute approximate surface area is 162 Å². The Kier molecular flexibility index (Phi) is 5.31. The number of hydrogen-bond acceptors (Lipinski definition) is 5. The largest absolute Gasteiger partial charge is 0.306 e. The molecule has 1 unspecified atom stereocenters. The van der Waals surface area contributed by atoms with Gasteiger partial charge in [-0.3, -0.25) is 9.59 Å². The van der Waals surface area contributed by atoms with Crippen LogP contribution in [0.5, 0.6) is 0 Å². The van der Waals surface area contributed by atoms with Gasteiger partial charge in [-0.2, -0.15) is 5.10 Å². The molecule has 9 heteroatoms. The van der Waals surface area contributed by atoms with Crippen LogP contribution in [-0.2, 0) is 4.79 Å². The van der Waals surface area contributed by atoms with Crippen molar-refractivity contribution < 1.29 is 9.18 Å². The summed E-state index contributed by atoms with van der Waals surface area (Å²) < 4.78 is 15.6. The number of fused-ring (bicyclic) bond motifs is 1. The highest BCUT2D eigenvalue weighted by Gasteiger charge is 2.22. The van der Waals surface area contributed by atoms with E-state index in [0.29, 0.717) is 11.1 Å². The number of carbonyl (C=O) groups excluding carboxylic acids is 1. The maximum absolute atomic E-state index is 13.7. The summed E-state index contributed by atoms with van der Waals surface area (Å²) in [7, 11) is 0. The Bertz CT molecular complexity index is 1080. The summed E-state index contributed by atoms with van der Waals surface area (Å²) in [6, 6.07) is 4.34. The molecule has 0 fully saturated rings. The number of nitrogens with one attached hydrogen (secondary N) is 1. The SMILES string of the molecule is CC(C)c1nn(C(C)C(=O)Nc2ncncc2F)c(=O)c2ccc(Br)cc12. The summed E-state index contributed by atoms with van der Waals surface area (Å²) >= 11 is 3.41. The first-order chi connectivity index (χ1) is 12.8. The lowest BCUT2D eigenvalue weighted by Crippen LogP contribution is -2.34. The van der Waals surface area contributed by atoms with Gasteiger partial charge in [0, 0.05) is 9.86 Å². The molecule has 0 aliphatic carbocycles. The minimum Gasteiger partial charge on any atom is -0.306 e. The van der Waals surface area contributed by atoms with Gasteiger partial charge in [0.15, 0.2) is 11.6 Å². The minimum atomic E-state index is -0.961. The highest BCUT2D eigenvalue weighted by Crippen LogP contribution is 2.25. The molecule has 0 saturated carbocycles. The van der Waals surface area contributed by atoms with Crippen LogP contribution < -0.4 is 10.9 Å². The standard InChI is InChI=1S/C18H17BrFN5O2/c1-9(2)15-13-6-11(19)4-5-12(13)18(27)25(24-15)10(3)17(26)23-16-14(20)7-21-8-22-16/h4-10H,1-3H3,(H,21,22,23,26). The average Bonchev–Trinajstić information content (AvgIpc) is 2.63. The summed E-state index contributed by atoms with van der Waals surface area (Å²) in [6.45, 7) is 5.44. The van der Waals surface area contributed by atoms with Crippen molar-refractivity contribution in [2.75, 3.05) is 5.32 Å². The zero-order chi connectivity index (χ0) is 19.7. The van der Waals surface area contributed by atoms with Gasteiger partial charge in [0.1, 0.15) is 12.4 Å². The Morgan fingerprint density at radius 1 is 1.26 bits per heavy atom. The van der Waals surface area contributed by atoms with Crippen LogP contribution in [0.1, 0.15) is 38.4 Å². The van der Waals surface area contributed by atoms with E-state index in [9.17, 15) is 14.0 Å². The zero-order valence-electron chi connectivity index (χ0n) is 14.9. The molecule has 1 aromatic carbocycles. The van der Waals surface area contributed by atoms with Gasteiger partial charge < -0.3 is 5.32 Å². The van der Waals surface area contributed by atoms with Crippen LogP contribution in [0.3, 0.4) is 0 Å². The van der Waals surface area contributed by atoms with E-state index in [-0.39, 0.29) is 11.7 Å². The minimum absolute atomic E-state index is 0.0308. The van der Waals surface area contributed by atoms with Crippen molar-refractivity contribution in [3.05, 3.63) is 57.1 Å². The van der Waals surface area contributed by atoms with Crippen LogP contribution in [0.4, 0.5) is 10.2 Å². The molecule has 3 aromatic rings. The third kappa shape index (κ3) is 3.73. The quantitative estimate of drug-likeness (QED) is 0.680. The molecule has 3 rings (SSSR count). The molecule has 0 aliphatic rings. The second kappa shape index (κ2) is 7.51. The second-order valence-corrected chi connectivity index (χ2v) is 7.28. The molecule has 2 aromatic heterocycles. The lowest BCUT2D eigenvalue weighted by atomic mass is 10.0. The van der Waals surface area contributed by atoms with Crippen LogP contribution in [0.25, 0.3) is 10.8 Å². The van der Waals surface area contributed by atoms with Crippen molar-refractivity contribution in [1.29, 1.82) is 0 Å². The van der Waals surface area contributed by atoms with Crippen molar-refractivity contribution in [3.63, 3.8) is 0 Å². The summed E-state index contributed by atoms with van der Waals surface area (Å²) in [6.07, 6.45) is 2.07. The molecule has 0 bridgehead atoms. The third-order valence-corrected chi connectivity index (χ3v) is 4.61. The molecule has 1 atom stereocenters. The molecule has 1 amide bonds. The van der Waals surface area contributed by atoms with Gasteiger partial charge in [-0.1, -0.05) is 29.8 Å². The smallest absolute Gasteiger partial charge is 0.275 e. The Morgan fingerprint density at radius 2 is 2.00 bits per heavy atom. The van der Waals surface area contributed by atoms with E-state index in [1.54, 1.807) is 12.1 Å². The number of halogens is 2. The monoisotopic (exact) mass is 433 g/mol. The normalized spacial score (nSPS) is 12.4. The first-order valence-electron chi connectivity index (χ1n) is 8.28. The fourth-order valence-electron chi connectivity index (χ4n) is 2.68. The molecule has 140 valence electrons. The van der Waals surface area contributed by atoms with Gasteiger partial charge in [0.2, 0.25) is 5.91 Å². The third-order valence-electron chi connectivity index (χ3n) is 4.11. The average molecular weight is 434 g/mol. The summed E-state index contributed by atoms with van der Waals surface area (Å²) in [4.78, 5) is 32.7. The summed E-state index contributed by atoms with van der Waals surface area (Å²) in [5.74, 6) is -1.58. The van der Waals surface area contributed by atoms with Crippen LogP contribution in [0.2, 0.25) is 0 Å². The molecular formula is C18H17BrFN5O2. The number of nitrogens with zero attached hydrogens (tertiary/aromatic N) is 4. The van der Waals surface area contributed by atoms with Crippen molar-refractivity contribution in [1.82, 2.24) is 19.7 Å². The van der Waals surface area contributed by atoms with Crippen molar-refractivity contribution in [2.24, 2.45) is 0 Å². The molecule has 7 nitrogen and oxygen atoms in total. The van der Waals surface area contributed by atoms with Crippen molar-refractivity contribution in [2.45, 2.75) is 32.7 Å². The summed E-state index contributed by atoms with van der Waals surface area (Å²) in [5.41, 5.74) is 0.298. The molecule has 0 saturated heterocycles. The van der Waals surface area contributed by atoms with E-state index in [4.69, 9.17) is 0 Å². The molecule has 27 heavy (non-hydrogen) atoms. The predicted molar refractivity (Wildman–Crippen MR) is 103 cm³/mol. The predicted octanol–water partition coefficient (Wildman–Crippen LogP) is 3.41. The number of anilines is 1. The van der Waals surface area contributed by atoms with Crippen LogP contribution >= 0.6 is 15.9 Å².